The summed E-state index contributed by atoms with van der Waals surface area (Å²) >= 11 is 0. The van der Waals surface area contributed by atoms with Gasteiger partial charge in [-0.05, 0) is 6.07 Å². The van der Waals surface area contributed by atoms with Crippen LogP contribution in [0.3, 0.4) is 0 Å². The molecule has 0 aliphatic heterocycles. The molecule has 5 nitrogen and oxygen atoms in total. The Hall–Kier alpha value is -2.04. The predicted molar refractivity (Wildman–Crippen MR) is 50.8 cm³/mol. The third kappa shape index (κ3) is 3.73. The van der Waals surface area contributed by atoms with E-state index in [9.17, 15) is 31.1 Å². The van der Waals surface area contributed by atoms with E-state index in [1.165, 1.54) is 0 Å². The first kappa shape index (κ1) is 16.0. The third-order valence-electron chi connectivity index (χ3n) is 1.98. The number of aromatic carboxylic acids is 1. The van der Waals surface area contributed by atoms with Crippen LogP contribution in [0.5, 0.6) is 5.75 Å². The molecule has 20 heavy (non-hydrogen) atoms. The number of carbonyl (C=O) groups is 1. The van der Waals surface area contributed by atoms with Crippen molar-refractivity contribution < 1.29 is 41.0 Å². The first-order valence-electron chi connectivity index (χ1n) is 4.76. The van der Waals surface area contributed by atoms with Crippen LogP contribution in [0.25, 0.3) is 0 Å². The number of carboxylic acids is 1. The maximum atomic E-state index is 12.5. The summed E-state index contributed by atoms with van der Waals surface area (Å²) < 4.78 is 77.2. The highest BCUT2D eigenvalue weighted by molar-refractivity contribution is 5.91. The van der Waals surface area contributed by atoms with Gasteiger partial charge in [0.15, 0.2) is 5.75 Å². The smallest absolute Gasteiger partial charge is 0.478 e. The van der Waals surface area contributed by atoms with Gasteiger partial charge in [0.2, 0.25) is 0 Å². The molecule has 0 radical (unpaired) electrons. The van der Waals surface area contributed by atoms with Crippen LogP contribution in [0.4, 0.5) is 26.3 Å². The minimum absolute atomic E-state index is 0.0530. The van der Waals surface area contributed by atoms with Crippen LogP contribution in [0.2, 0.25) is 0 Å². The van der Waals surface area contributed by atoms with Crippen LogP contribution in [0.15, 0.2) is 6.07 Å². The van der Waals surface area contributed by atoms with E-state index in [1.807, 2.05) is 0 Å². The zero-order chi connectivity index (χ0) is 15.7. The Balaban J connectivity index is 3.53. The zero-order valence-corrected chi connectivity index (χ0v) is 9.34. The topological polar surface area (TPSA) is 85.4 Å². The van der Waals surface area contributed by atoms with Crippen molar-refractivity contribution >= 4 is 5.97 Å². The number of alkyl halides is 6. The summed E-state index contributed by atoms with van der Waals surface area (Å²) in [6.45, 7) is -0.865. The Labute approximate surface area is 107 Å². The van der Waals surface area contributed by atoms with Gasteiger partial charge in [0.05, 0.1) is 5.69 Å². The quantitative estimate of drug-likeness (QED) is 0.836. The molecule has 0 aromatic carbocycles. The Kier molecular flexibility index (Phi) is 4.12. The largest absolute Gasteiger partial charge is 0.573 e. The highest BCUT2D eigenvalue weighted by Crippen LogP contribution is 2.35. The van der Waals surface area contributed by atoms with Crippen LogP contribution in [-0.4, -0.2) is 22.4 Å². The molecule has 0 spiro atoms. The second kappa shape index (κ2) is 5.15. The lowest BCUT2D eigenvalue weighted by Gasteiger charge is -2.16. The summed E-state index contributed by atoms with van der Waals surface area (Å²) in [5.74, 6) is -3.40. The van der Waals surface area contributed by atoms with Crippen molar-refractivity contribution in [1.82, 2.24) is 4.98 Å². The van der Waals surface area contributed by atoms with Gasteiger partial charge in [0.25, 0.3) is 0 Å². The molecule has 0 atom stereocenters. The van der Waals surface area contributed by atoms with Gasteiger partial charge in [-0.15, -0.1) is 13.2 Å². The molecule has 1 aromatic rings. The van der Waals surface area contributed by atoms with Crippen molar-refractivity contribution in [2.75, 3.05) is 0 Å². The molecule has 112 valence electrons. The van der Waals surface area contributed by atoms with Crippen LogP contribution in [0, 0.1) is 0 Å². The van der Waals surface area contributed by atoms with Crippen molar-refractivity contribution in [2.24, 2.45) is 5.73 Å². The molecule has 0 aliphatic carbocycles. The molecule has 1 heterocycles. The first-order valence-corrected chi connectivity index (χ1v) is 4.76. The van der Waals surface area contributed by atoms with Gasteiger partial charge in [-0.1, -0.05) is 0 Å². The van der Waals surface area contributed by atoms with E-state index < -0.39 is 47.8 Å². The molecule has 0 fully saturated rings. The van der Waals surface area contributed by atoms with Gasteiger partial charge in [-0.2, -0.15) is 13.2 Å². The van der Waals surface area contributed by atoms with Gasteiger partial charge in [0, 0.05) is 6.54 Å². The van der Waals surface area contributed by atoms with Crippen LogP contribution in [0.1, 0.15) is 21.7 Å². The Morgan fingerprint density at radius 2 is 1.85 bits per heavy atom. The van der Waals surface area contributed by atoms with Gasteiger partial charge < -0.3 is 15.6 Å². The maximum absolute atomic E-state index is 12.5. The molecule has 0 unspecified atom stereocenters. The summed E-state index contributed by atoms with van der Waals surface area (Å²) in [4.78, 5) is 13.6. The third-order valence-corrected chi connectivity index (χ3v) is 1.98. The second-order valence-electron chi connectivity index (χ2n) is 3.39. The molecule has 1 rings (SSSR count). The number of hydrogen-bond donors (Lipinski definition) is 2. The average molecular weight is 304 g/mol. The molecule has 0 saturated heterocycles. The van der Waals surface area contributed by atoms with E-state index in [0.717, 1.165) is 0 Å². The summed E-state index contributed by atoms with van der Waals surface area (Å²) in [6, 6.07) is -0.0530. The van der Waals surface area contributed by atoms with E-state index >= 15 is 0 Å². The molecule has 0 amide bonds. The number of nitrogens with two attached hydrogens (primary N) is 1. The Morgan fingerprint density at radius 3 is 2.20 bits per heavy atom. The number of hydrogen-bond acceptors (Lipinski definition) is 4. The highest BCUT2D eigenvalue weighted by atomic mass is 19.4. The number of rotatable bonds is 3. The number of nitrogens with zero attached hydrogens (tertiary/aromatic N) is 1. The van der Waals surface area contributed by atoms with E-state index in [-0.39, 0.29) is 6.07 Å². The fourth-order valence-electron chi connectivity index (χ4n) is 1.26. The molecule has 0 aliphatic rings. The van der Waals surface area contributed by atoms with E-state index in [2.05, 4.69) is 9.72 Å². The summed E-state index contributed by atoms with van der Waals surface area (Å²) in [6.07, 6.45) is -10.3. The lowest BCUT2D eigenvalue weighted by Crippen LogP contribution is -2.23. The fraction of sp³-hybridized carbons (Fsp3) is 0.333. The highest BCUT2D eigenvalue weighted by Gasteiger charge is 2.38. The van der Waals surface area contributed by atoms with Crippen molar-refractivity contribution in [1.29, 1.82) is 0 Å². The molecule has 1 aromatic heterocycles. The SMILES string of the molecule is NCc1nc(C(F)(F)F)cc(C(=O)O)c1OC(F)(F)F. The maximum Gasteiger partial charge on any atom is 0.573 e. The van der Waals surface area contributed by atoms with Crippen molar-refractivity contribution in [3.8, 4) is 5.75 Å². The van der Waals surface area contributed by atoms with Crippen LogP contribution < -0.4 is 10.5 Å². The average Bonchev–Trinajstić information content (AvgIpc) is 2.25. The minimum atomic E-state index is -5.30. The summed E-state index contributed by atoms with van der Waals surface area (Å²) in [7, 11) is 0. The predicted octanol–water partition coefficient (Wildman–Crippen LogP) is 2.16. The fourth-order valence-corrected chi connectivity index (χ4v) is 1.26. The first-order chi connectivity index (χ1) is 8.95. The second-order valence-corrected chi connectivity index (χ2v) is 3.39. The minimum Gasteiger partial charge on any atom is -0.478 e. The number of carboxylic acid groups (broad SMARTS) is 1. The van der Waals surface area contributed by atoms with E-state index in [4.69, 9.17) is 10.8 Å². The number of halogens is 6. The van der Waals surface area contributed by atoms with Crippen LogP contribution in [-0.2, 0) is 12.7 Å². The lowest BCUT2D eigenvalue weighted by atomic mass is 10.1. The van der Waals surface area contributed by atoms with Crippen molar-refractivity contribution in [2.45, 2.75) is 19.1 Å². The molecule has 0 saturated carbocycles. The van der Waals surface area contributed by atoms with E-state index in [0.29, 0.717) is 0 Å². The van der Waals surface area contributed by atoms with E-state index in [1.54, 1.807) is 0 Å². The lowest BCUT2D eigenvalue weighted by molar-refractivity contribution is -0.275. The van der Waals surface area contributed by atoms with Gasteiger partial charge in [-0.3, -0.25) is 0 Å². The van der Waals surface area contributed by atoms with Crippen molar-refractivity contribution in [3.63, 3.8) is 0 Å². The zero-order valence-electron chi connectivity index (χ0n) is 9.34. The monoisotopic (exact) mass is 304 g/mol. The molecule has 11 heteroatoms. The number of aromatic nitrogens is 1. The van der Waals surface area contributed by atoms with Gasteiger partial charge >= 0.3 is 18.5 Å². The molecule has 0 bridgehead atoms. The number of ether oxygens (including phenoxy) is 1. The summed E-state index contributed by atoms with van der Waals surface area (Å²) in [5.41, 5.74) is 1.01. The van der Waals surface area contributed by atoms with Gasteiger partial charge in [0.1, 0.15) is 11.3 Å². The Bertz CT molecular complexity index is 526. The van der Waals surface area contributed by atoms with Crippen molar-refractivity contribution in [3.05, 3.63) is 23.0 Å². The van der Waals surface area contributed by atoms with Gasteiger partial charge in [-0.25, -0.2) is 9.78 Å². The Morgan fingerprint density at radius 1 is 1.30 bits per heavy atom. The molecule has 3 N–H and O–H groups in total. The molecular weight excluding hydrogens is 298 g/mol. The molecular formula is C9H6F6N2O3. The standard InChI is InChI=1S/C9H6F6N2O3/c10-8(11,12)5-1-3(7(18)19)6(4(2-16)17-5)20-9(13,14)15/h1H,2,16H2,(H,18,19). The normalized spacial score (nSPS) is 12.3. The van der Waals surface area contributed by atoms with Crippen LogP contribution >= 0.6 is 0 Å². The summed E-state index contributed by atoms with van der Waals surface area (Å²) in [5, 5.41) is 8.69. The number of pyridine rings is 1.